The summed E-state index contributed by atoms with van der Waals surface area (Å²) in [6, 6.07) is 13.2. The summed E-state index contributed by atoms with van der Waals surface area (Å²) in [6.45, 7) is 8.80. The first-order chi connectivity index (χ1) is 13.6. The molecular weight excluding hydrogens is 346 g/mol. The van der Waals surface area contributed by atoms with E-state index in [2.05, 4.69) is 72.7 Å². The van der Waals surface area contributed by atoms with E-state index >= 15 is 0 Å². The molecule has 2 aromatic rings. The third kappa shape index (κ3) is 3.66. The van der Waals surface area contributed by atoms with Crippen molar-refractivity contribution in [2.75, 3.05) is 23.7 Å². The largest absolute Gasteiger partial charge is 0.373 e. The fourth-order valence-corrected chi connectivity index (χ4v) is 4.80. The zero-order chi connectivity index (χ0) is 19.7. The standard InChI is InChI=1S/C24H31N3O/c1-4-27(5-2)21-12-10-17-13-20(11-9-18(17)14-21)25-24(28)22-15-19-8-6-7-16(3)23(19)26-22/h6-9,11,13,21-22,26H,4-5,10,12,14-15H2,1-3H3,(H,25,28). The summed E-state index contributed by atoms with van der Waals surface area (Å²) >= 11 is 0. The third-order valence-corrected chi connectivity index (χ3v) is 6.42. The van der Waals surface area contributed by atoms with E-state index in [4.69, 9.17) is 0 Å². The van der Waals surface area contributed by atoms with Crippen molar-refractivity contribution in [3.05, 3.63) is 58.7 Å². The number of hydrogen-bond donors (Lipinski definition) is 2. The van der Waals surface area contributed by atoms with Crippen molar-refractivity contribution < 1.29 is 4.79 Å². The van der Waals surface area contributed by atoms with Gasteiger partial charge in [0, 0.05) is 23.8 Å². The highest BCUT2D eigenvalue weighted by atomic mass is 16.2. The molecule has 2 aliphatic rings. The lowest BCUT2D eigenvalue weighted by atomic mass is 9.87. The molecule has 2 N–H and O–H groups in total. The molecule has 1 aliphatic carbocycles. The number of anilines is 2. The van der Waals surface area contributed by atoms with Crippen molar-refractivity contribution in [3.8, 4) is 0 Å². The highest BCUT2D eigenvalue weighted by Gasteiger charge is 2.28. The van der Waals surface area contributed by atoms with Crippen LogP contribution in [0, 0.1) is 6.92 Å². The van der Waals surface area contributed by atoms with E-state index in [0.29, 0.717) is 6.04 Å². The Labute approximate surface area is 168 Å². The summed E-state index contributed by atoms with van der Waals surface area (Å²) < 4.78 is 0. The van der Waals surface area contributed by atoms with Gasteiger partial charge in [-0.1, -0.05) is 38.1 Å². The number of amides is 1. The van der Waals surface area contributed by atoms with Gasteiger partial charge in [-0.25, -0.2) is 0 Å². The molecule has 28 heavy (non-hydrogen) atoms. The van der Waals surface area contributed by atoms with Crippen LogP contribution in [-0.2, 0) is 24.1 Å². The lowest BCUT2D eigenvalue weighted by Crippen LogP contribution is -2.39. The van der Waals surface area contributed by atoms with Crippen LogP contribution in [0.15, 0.2) is 36.4 Å². The average Bonchev–Trinajstić information content (AvgIpc) is 3.15. The molecule has 2 aromatic carbocycles. The number of likely N-dealkylation sites (N-methyl/N-ethyl adjacent to an activating group) is 1. The van der Waals surface area contributed by atoms with Gasteiger partial charge in [0.05, 0.1) is 0 Å². The number of nitrogens with zero attached hydrogens (tertiary/aromatic N) is 1. The van der Waals surface area contributed by atoms with Crippen molar-refractivity contribution in [2.24, 2.45) is 0 Å². The van der Waals surface area contributed by atoms with Gasteiger partial charge in [0.25, 0.3) is 0 Å². The molecule has 0 aromatic heterocycles. The van der Waals surface area contributed by atoms with Crippen molar-refractivity contribution in [1.82, 2.24) is 4.90 Å². The normalized spacial score (nSPS) is 20.4. The van der Waals surface area contributed by atoms with Crippen molar-refractivity contribution in [2.45, 2.75) is 58.5 Å². The molecule has 0 bridgehead atoms. The zero-order valence-electron chi connectivity index (χ0n) is 17.2. The molecule has 0 spiro atoms. The molecule has 1 aliphatic heterocycles. The minimum atomic E-state index is -0.195. The highest BCUT2D eigenvalue weighted by molar-refractivity contribution is 5.98. The van der Waals surface area contributed by atoms with E-state index in [-0.39, 0.29) is 11.9 Å². The number of benzene rings is 2. The van der Waals surface area contributed by atoms with Crippen LogP contribution in [0.3, 0.4) is 0 Å². The Kier molecular flexibility index (Phi) is 5.40. The summed E-state index contributed by atoms with van der Waals surface area (Å²) in [5.41, 5.74) is 7.29. The Bertz CT molecular complexity index is 872. The Hall–Kier alpha value is -2.33. The van der Waals surface area contributed by atoms with Gasteiger partial charge in [-0.2, -0.15) is 0 Å². The average molecular weight is 378 g/mol. The molecule has 0 saturated carbocycles. The van der Waals surface area contributed by atoms with Crippen LogP contribution in [0.4, 0.5) is 11.4 Å². The summed E-state index contributed by atoms with van der Waals surface area (Å²) in [7, 11) is 0. The topological polar surface area (TPSA) is 44.4 Å². The predicted molar refractivity (Wildman–Crippen MR) is 116 cm³/mol. The van der Waals surface area contributed by atoms with Crippen molar-refractivity contribution in [3.63, 3.8) is 0 Å². The first-order valence-corrected chi connectivity index (χ1v) is 10.6. The van der Waals surface area contributed by atoms with Crippen LogP contribution in [0.25, 0.3) is 0 Å². The second-order valence-corrected chi connectivity index (χ2v) is 8.10. The quantitative estimate of drug-likeness (QED) is 0.822. The Balaban J connectivity index is 1.42. The molecule has 2 atom stereocenters. The van der Waals surface area contributed by atoms with Crippen LogP contribution in [0.1, 0.15) is 42.5 Å². The molecule has 0 saturated heterocycles. The monoisotopic (exact) mass is 377 g/mol. The van der Waals surface area contributed by atoms with E-state index in [1.807, 2.05) is 0 Å². The summed E-state index contributed by atoms with van der Waals surface area (Å²) in [5, 5.41) is 6.53. The number of carbonyl (C=O) groups excluding carboxylic acids is 1. The number of para-hydroxylation sites is 1. The van der Waals surface area contributed by atoms with Gasteiger partial charge in [-0.3, -0.25) is 4.79 Å². The molecule has 4 rings (SSSR count). The predicted octanol–water partition coefficient (Wildman–Crippen LogP) is 4.17. The van der Waals surface area contributed by atoms with Crippen molar-refractivity contribution >= 4 is 17.3 Å². The van der Waals surface area contributed by atoms with Gasteiger partial charge in [0.2, 0.25) is 5.91 Å². The van der Waals surface area contributed by atoms with Crippen LogP contribution in [0.5, 0.6) is 0 Å². The Morgan fingerprint density at radius 3 is 2.68 bits per heavy atom. The molecule has 0 radical (unpaired) electrons. The van der Waals surface area contributed by atoms with E-state index in [1.54, 1.807) is 0 Å². The Morgan fingerprint density at radius 2 is 1.93 bits per heavy atom. The number of nitrogens with one attached hydrogen (secondary N) is 2. The SMILES string of the molecule is CCN(CC)C1CCc2cc(NC(=O)C3Cc4cccc(C)c4N3)ccc2C1. The summed E-state index contributed by atoms with van der Waals surface area (Å²) in [5.74, 6) is 0.0485. The minimum absolute atomic E-state index is 0.0485. The van der Waals surface area contributed by atoms with Gasteiger partial charge in [-0.15, -0.1) is 0 Å². The second kappa shape index (κ2) is 7.96. The highest BCUT2D eigenvalue weighted by Crippen LogP contribution is 2.30. The molecule has 148 valence electrons. The van der Waals surface area contributed by atoms with E-state index in [0.717, 1.165) is 43.7 Å². The number of fused-ring (bicyclic) bond motifs is 2. The molecular formula is C24H31N3O. The summed E-state index contributed by atoms with van der Waals surface area (Å²) in [4.78, 5) is 15.4. The van der Waals surface area contributed by atoms with Gasteiger partial charge in [0.15, 0.2) is 0 Å². The fraction of sp³-hybridized carbons (Fsp3) is 0.458. The molecule has 2 unspecified atom stereocenters. The van der Waals surface area contributed by atoms with E-state index < -0.39 is 0 Å². The third-order valence-electron chi connectivity index (χ3n) is 6.42. The second-order valence-electron chi connectivity index (χ2n) is 8.10. The minimum Gasteiger partial charge on any atom is -0.373 e. The lowest BCUT2D eigenvalue weighted by molar-refractivity contribution is -0.116. The molecule has 1 amide bonds. The van der Waals surface area contributed by atoms with Crippen LogP contribution in [-0.4, -0.2) is 36.0 Å². The number of aryl methyl sites for hydroxylation is 2. The smallest absolute Gasteiger partial charge is 0.247 e. The maximum atomic E-state index is 12.8. The number of carbonyl (C=O) groups is 1. The molecule has 4 nitrogen and oxygen atoms in total. The number of hydrogen-bond acceptors (Lipinski definition) is 3. The maximum absolute atomic E-state index is 12.8. The van der Waals surface area contributed by atoms with E-state index in [9.17, 15) is 4.79 Å². The molecule has 1 heterocycles. The summed E-state index contributed by atoms with van der Waals surface area (Å²) in [6.07, 6.45) is 4.15. The fourth-order valence-electron chi connectivity index (χ4n) is 4.80. The van der Waals surface area contributed by atoms with Crippen molar-refractivity contribution in [1.29, 1.82) is 0 Å². The molecule has 4 heteroatoms. The van der Waals surface area contributed by atoms with Crippen LogP contribution >= 0.6 is 0 Å². The van der Waals surface area contributed by atoms with E-state index in [1.165, 1.54) is 28.7 Å². The van der Waals surface area contributed by atoms with Gasteiger partial charge < -0.3 is 15.5 Å². The van der Waals surface area contributed by atoms with Gasteiger partial charge in [0.1, 0.15) is 6.04 Å². The van der Waals surface area contributed by atoms with Gasteiger partial charge in [-0.05, 0) is 73.7 Å². The zero-order valence-corrected chi connectivity index (χ0v) is 17.2. The first kappa shape index (κ1) is 19.0. The molecule has 0 fully saturated rings. The first-order valence-electron chi connectivity index (χ1n) is 10.6. The van der Waals surface area contributed by atoms with Gasteiger partial charge >= 0.3 is 0 Å². The van der Waals surface area contributed by atoms with Crippen LogP contribution < -0.4 is 10.6 Å². The Morgan fingerprint density at radius 1 is 1.11 bits per heavy atom. The van der Waals surface area contributed by atoms with Crippen LogP contribution in [0.2, 0.25) is 0 Å². The number of rotatable bonds is 5. The maximum Gasteiger partial charge on any atom is 0.247 e. The lowest BCUT2D eigenvalue weighted by Gasteiger charge is -2.34.